The molecule has 6 heteroatoms. The van der Waals surface area contributed by atoms with E-state index in [0.717, 1.165) is 0 Å². The predicted octanol–water partition coefficient (Wildman–Crippen LogP) is 0.337. The summed E-state index contributed by atoms with van der Waals surface area (Å²) in [6.45, 7) is 1.86. The van der Waals surface area contributed by atoms with Gasteiger partial charge in [0.15, 0.2) is 0 Å². The lowest BCUT2D eigenvalue weighted by atomic mass is 10.4. The molecular formula is C10H10N4O2. The van der Waals surface area contributed by atoms with E-state index >= 15 is 0 Å². The Morgan fingerprint density at radius 1 is 1.56 bits per heavy atom. The van der Waals surface area contributed by atoms with Crippen LogP contribution in [0, 0.1) is 18.3 Å². The van der Waals surface area contributed by atoms with E-state index in [1.54, 1.807) is 23.9 Å². The Morgan fingerprint density at radius 3 is 2.94 bits per heavy atom. The van der Waals surface area contributed by atoms with Crippen LogP contribution in [0.15, 0.2) is 17.2 Å². The molecule has 0 amide bonds. The topological polar surface area (TPSA) is 72.3 Å². The molecule has 0 fully saturated rings. The summed E-state index contributed by atoms with van der Waals surface area (Å²) in [7, 11) is 1.43. The molecule has 82 valence electrons. The van der Waals surface area contributed by atoms with E-state index in [9.17, 15) is 4.79 Å². The minimum absolute atomic E-state index is 0.161. The maximum Gasteiger partial charge on any atom is 0.301 e. The monoisotopic (exact) mass is 218 g/mol. The lowest BCUT2D eigenvalue weighted by Gasteiger charge is -2.04. The summed E-state index contributed by atoms with van der Waals surface area (Å²) in [4.78, 5) is 16.1. The van der Waals surface area contributed by atoms with E-state index in [0.29, 0.717) is 11.5 Å². The number of aromatic nitrogens is 3. The molecule has 2 heterocycles. The van der Waals surface area contributed by atoms with E-state index in [-0.39, 0.29) is 17.9 Å². The molecule has 0 N–H and O–H groups in total. The second-order valence-electron chi connectivity index (χ2n) is 3.29. The van der Waals surface area contributed by atoms with Crippen LogP contribution in [0.2, 0.25) is 0 Å². The van der Waals surface area contributed by atoms with Gasteiger partial charge in [-0.15, -0.1) is 0 Å². The SMILES string of the molecule is COc1c(C)nc2n(CC#N)ccn2c1=O. The van der Waals surface area contributed by atoms with Crippen molar-refractivity contribution >= 4 is 5.78 Å². The van der Waals surface area contributed by atoms with Gasteiger partial charge < -0.3 is 9.30 Å². The molecule has 2 aromatic rings. The van der Waals surface area contributed by atoms with Crippen molar-refractivity contribution < 1.29 is 4.74 Å². The maximum atomic E-state index is 11.9. The van der Waals surface area contributed by atoms with Gasteiger partial charge in [0.25, 0.3) is 0 Å². The van der Waals surface area contributed by atoms with Crippen molar-refractivity contribution in [1.29, 1.82) is 5.26 Å². The first-order valence-electron chi connectivity index (χ1n) is 4.68. The molecule has 0 aliphatic rings. The molecule has 0 saturated carbocycles. The lowest BCUT2D eigenvalue weighted by molar-refractivity contribution is 0.401. The third-order valence-corrected chi connectivity index (χ3v) is 2.32. The summed E-state index contributed by atoms with van der Waals surface area (Å²) in [5, 5.41) is 8.63. The molecular weight excluding hydrogens is 208 g/mol. The van der Waals surface area contributed by atoms with E-state index in [4.69, 9.17) is 10.00 Å². The molecule has 0 spiro atoms. The Morgan fingerprint density at radius 2 is 2.31 bits per heavy atom. The number of nitriles is 1. The normalized spacial score (nSPS) is 10.3. The quantitative estimate of drug-likeness (QED) is 0.728. The van der Waals surface area contributed by atoms with Crippen LogP contribution in [0.1, 0.15) is 5.69 Å². The van der Waals surface area contributed by atoms with Gasteiger partial charge in [0.1, 0.15) is 6.54 Å². The van der Waals surface area contributed by atoms with E-state index in [2.05, 4.69) is 4.98 Å². The van der Waals surface area contributed by atoms with Gasteiger partial charge in [0, 0.05) is 12.4 Å². The van der Waals surface area contributed by atoms with Crippen LogP contribution in [0.3, 0.4) is 0 Å². The van der Waals surface area contributed by atoms with Crippen LogP contribution in [0.4, 0.5) is 0 Å². The molecule has 2 rings (SSSR count). The largest absolute Gasteiger partial charge is 0.490 e. The van der Waals surface area contributed by atoms with Crippen molar-refractivity contribution in [2.24, 2.45) is 0 Å². The fourth-order valence-electron chi connectivity index (χ4n) is 1.60. The Bertz CT molecular complexity index is 633. The van der Waals surface area contributed by atoms with Crippen molar-refractivity contribution in [3.63, 3.8) is 0 Å². The summed E-state index contributed by atoms with van der Waals surface area (Å²) in [5.41, 5.74) is 0.257. The third kappa shape index (κ3) is 1.34. The summed E-state index contributed by atoms with van der Waals surface area (Å²) >= 11 is 0. The summed E-state index contributed by atoms with van der Waals surface area (Å²) in [5.74, 6) is 0.678. The van der Waals surface area contributed by atoms with Crippen molar-refractivity contribution in [2.75, 3.05) is 7.11 Å². The molecule has 2 aromatic heterocycles. The highest BCUT2D eigenvalue weighted by Crippen LogP contribution is 2.10. The van der Waals surface area contributed by atoms with Crippen LogP contribution in [-0.2, 0) is 6.54 Å². The van der Waals surface area contributed by atoms with Gasteiger partial charge in [-0.05, 0) is 6.92 Å². The number of imidazole rings is 1. The predicted molar refractivity (Wildman–Crippen MR) is 56.4 cm³/mol. The first kappa shape index (κ1) is 10.2. The van der Waals surface area contributed by atoms with Gasteiger partial charge in [-0.1, -0.05) is 0 Å². The highest BCUT2D eigenvalue weighted by Gasteiger charge is 2.12. The van der Waals surface area contributed by atoms with Crippen LogP contribution in [0.5, 0.6) is 5.75 Å². The summed E-state index contributed by atoms with van der Waals surface area (Å²) in [6, 6.07) is 2.01. The zero-order valence-corrected chi connectivity index (χ0v) is 8.97. The minimum Gasteiger partial charge on any atom is -0.490 e. The molecule has 0 saturated heterocycles. The molecule has 0 aliphatic carbocycles. The van der Waals surface area contributed by atoms with Crippen LogP contribution < -0.4 is 10.3 Å². The first-order chi connectivity index (χ1) is 7.69. The molecule has 0 bridgehead atoms. The van der Waals surface area contributed by atoms with Crippen molar-refractivity contribution in [3.05, 3.63) is 28.4 Å². The van der Waals surface area contributed by atoms with Crippen LogP contribution in [0.25, 0.3) is 5.78 Å². The molecule has 0 aliphatic heterocycles. The first-order valence-corrected chi connectivity index (χ1v) is 4.68. The number of methoxy groups -OCH3 is 1. The second-order valence-corrected chi connectivity index (χ2v) is 3.29. The average molecular weight is 218 g/mol. The van der Waals surface area contributed by atoms with Gasteiger partial charge in [-0.25, -0.2) is 9.38 Å². The highest BCUT2D eigenvalue weighted by molar-refractivity contribution is 5.37. The molecule has 16 heavy (non-hydrogen) atoms. The van der Waals surface area contributed by atoms with E-state index in [1.807, 2.05) is 6.07 Å². The number of hydrogen-bond acceptors (Lipinski definition) is 4. The third-order valence-electron chi connectivity index (χ3n) is 2.32. The van der Waals surface area contributed by atoms with Crippen molar-refractivity contribution in [2.45, 2.75) is 13.5 Å². The smallest absolute Gasteiger partial charge is 0.301 e. The zero-order chi connectivity index (χ0) is 11.7. The van der Waals surface area contributed by atoms with E-state index in [1.165, 1.54) is 11.5 Å². The Hall–Kier alpha value is -2.29. The number of rotatable bonds is 2. The highest BCUT2D eigenvalue weighted by atomic mass is 16.5. The van der Waals surface area contributed by atoms with Gasteiger partial charge in [-0.2, -0.15) is 5.26 Å². The van der Waals surface area contributed by atoms with Crippen LogP contribution in [-0.4, -0.2) is 21.1 Å². The van der Waals surface area contributed by atoms with Gasteiger partial charge in [-0.3, -0.25) is 4.79 Å². The van der Waals surface area contributed by atoms with Gasteiger partial charge in [0.05, 0.1) is 18.9 Å². The summed E-state index contributed by atoms with van der Waals surface area (Å²) < 4.78 is 7.95. The van der Waals surface area contributed by atoms with Crippen LogP contribution >= 0.6 is 0 Å². The number of fused-ring (bicyclic) bond motifs is 1. The molecule has 0 aromatic carbocycles. The Kier molecular flexibility index (Phi) is 2.37. The van der Waals surface area contributed by atoms with Gasteiger partial charge in [0.2, 0.25) is 11.5 Å². The maximum absolute atomic E-state index is 11.9. The average Bonchev–Trinajstić information content (AvgIpc) is 2.63. The second kappa shape index (κ2) is 3.70. The number of ether oxygens (including phenoxy) is 1. The minimum atomic E-state index is -0.262. The summed E-state index contributed by atoms with van der Waals surface area (Å²) in [6.07, 6.45) is 3.22. The fourth-order valence-corrected chi connectivity index (χ4v) is 1.60. The Labute approximate surface area is 91.3 Å². The van der Waals surface area contributed by atoms with E-state index < -0.39 is 0 Å². The number of nitrogens with zero attached hydrogens (tertiary/aromatic N) is 4. The van der Waals surface area contributed by atoms with Gasteiger partial charge >= 0.3 is 5.56 Å². The number of aryl methyl sites for hydroxylation is 1. The lowest BCUT2D eigenvalue weighted by Crippen LogP contribution is -2.18. The number of hydrogen-bond donors (Lipinski definition) is 0. The Balaban J connectivity index is 2.80. The fraction of sp³-hybridized carbons (Fsp3) is 0.300. The standard InChI is InChI=1S/C10H10N4O2/c1-7-8(16-2)9(15)14-6-5-13(4-3-11)10(14)12-7/h5-6H,4H2,1-2H3. The van der Waals surface area contributed by atoms with Crippen molar-refractivity contribution in [1.82, 2.24) is 14.0 Å². The van der Waals surface area contributed by atoms with Crippen molar-refractivity contribution in [3.8, 4) is 11.8 Å². The molecule has 0 atom stereocenters. The molecule has 0 unspecified atom stereocenters. The molecule has 6 nitrogen and oxygen atoms in total. The molecule has 0 radical (unpaired) electrons. The zero-order valence-electron chi connectivity index (χ0n) is 8.97.